The van der Waals surface area contributed by atoms with Gasteiger partial charge in [-0.1, -0.05) is 30.3 Å². The molecular weight excluding hydrogens is 294 g/mol. The first-order valence-corrected chi connectivity index (χ1v) is 9.74. The van der Waals surface area contributed by atoms with Crippen molar-refractivity contribution in [2.24, 2.45) is 17.8 Å². The van der Waals surface area contributed by atoms with Gasteiger partial charge >= 0.3 is 0 Å². The molecule has 0 spiro atoms. The Hall–Kier alpha value is -1.57. The molecule has 1 aromatic carbocycles. The molecule has 0 amide bonds. The van der Waals surface area contributed by atoms with Gasteiger partial charge in [0.2, 0.25) is 0 Å². The Labute approximate surface area is 144 Å². The number of rotatable bonds is 3. The molecule has 4 saturated carbocycles. The van der Waals surface area contributed by atoms with Crippen LogP contribution in [0.3, 0.4) is 0 Å². The third-order valence-electron chi connectivity index (χ3n) is 6.98. The lowest BCUT2D eigenvalue weighted by Crippen LogP contribution is -2.58. The van der Waals surface area contributed by atoms with E-state index in [0.29, 0.717) is 23.7 Å². The highest BCUT2D eigenvalue weighted by molar-refractivity contribution is 5.92. The van der Waals surface area contributed by atoms with E-state index in [0.717, 1.165) is 24.2 Å². The van der Waals surface area contributed by atoms with Crippen LogP contribution >= 0.6 is 0 Å². The number of allylic oxidation sites excluding steroid dienone is 2. The monoisotopic (exact) mass is 321 g/mol. The highest BCUT2D eigenvalue weighted by atomic mass is 16.1. The summed E-state index contributed by atoms with van der Waals surface area (Å²) in [6.07, 6.45) is 12.0. The maximum absolute atomic E-state index is 12.3. The molecule has 4 bridgehead atoms. The standard InChI is InChI=1S/C22H27NO/c24-21-10-19(18-4-2-1-3-5-18)9-20(11-21)23-22-12-15-6-16(13-22)8-17(7-15)14-22/h1-5,11,15-17,19,23H,6-10,12-14H2. The normalized spacial score (nSPS) is 40.5. The summed E-state index contributed by atoms with van der Waals surface area (Å²) >= 11 is 0. The van der Waals surface area contributed by atoms with E-state index in [2.05, 4.69) is 35.6 Å². The van der Waals surface area contributed by atoms with Crippen LogP contribution in [-0.4, -0.2) is 11.3 Å². The zero-order valence-electron chi connectivity index (χ0n) is 14.3. The van der Waals surface area contributed by atoms with Crippen molar-refractivity contribution in [3.8, 4) is 0 Å². The number of carbonyl (C=O) groups is 1. The quantitative estimate of drug-likeness (QED) is 0.883. The molecule has 0 heterocycles. The van der Waals surface area contributed by atoms with Crippen molar-refractivity contribution in [3.05, 3.63) is 47.7 Å². The molecule has 1 N–H and O–H groups in total. The molecule has 0 aromatic heterocycles. The third kappa shape index (κ3) is 2.60. The van der Waals surface area contributed by atoms with Gasteiger partial charge < -0.3 is 5.32 Å². The van der Waals surface area contributed by atoms with Gasteiger partial charge in [-0.05, 0) is 74.2 Å². The SMILES string of the molecule is O=C1C=C(NC23CC4CC(CC(C4)C2)C3)CC(c2ccccc2)C1. The largest absolute Gasteiger partial charge is 0.383 e. The summed E-state index contributed by atoms with van der Waals surface area (Å²) in [5, 5.41) is 3.93. The first-order valence-electron chi connectivity index (χ1n) is 9.74. The van der Waals surface area contributed by atoms with Crippen LogP contribution in [0.4, 0.5) is 0 Å². The zero-order chi connectivity index (χ0) is 16.1. The molecule has 4 fully saturated rings. The van der Waals surface area contributed by atoms with E-state index in [4.69, 9.17) is 0 Å². The van der Waals surface area contributed by atoms with Crippen LogP contribution in [0.15, 0.2) is 42.1 Å². The Bertz CT molecular complexity index is 639. The van der Waals surface area contributed by atoms with Crippen molar-refractivity contribution in [1.82, 2.24) is 5.32 Å². The van der Waals surface area contributed by atoms with E-state index in [1.54, 1.807) is 0 Å². The van der Waals surface area contributed by atoms with Gasteiger partial charge in [-0.15, -0.1) is 0 Å². The van der Waals surface area contributed by atoms with Crippen molar-refractivity contribution in [1.29, 1.82) is 0 Å². The van der Waals surface area contributed by atoms with Gasteiger partial charge in [0.15, 0.2) is 5.78 Å². The number of carbonyl (C=O) groups excluding carboxylic acids is 1. The Kier molecular flexibility index (Phi) is 3.36. The lowest BCUT2D eigenvalue weighted by atomic mass is 9.53. The third-order valence-corrected chi connectivity index (χ3v) is 6.98. The van der Waals surface area contributed by atoms with E-state index in [1.807, 2.05) is 6.08 Å². The predicted octanol–water partition coefficient (Wildman–Crippen LogP) is 4.58. The molecule has 0 saturated heterocycles. The molecule has 0 radical (unpaired) electrons. The van der Waals surface area contributed by atoms with Gasteiger partial charge in [0, 0.05) is 23.7 Å². The van der Waals surface area contributed by atoms with Crippen LogP contribution in [0.2, 0.25) is 0 Å². The fraction of sp³-hybridized carbons (Fsp3) is 0.591. The molecule has 2 heteroatoms. The minimum absolute atomic E-state index is 0.294. The predicted molar refractivity (Wildman–Crippen MR) is 95.5 cm³/mol. The Balaban J connectivity index is 1.36. The van der Waals surface area contributed by atoms with Gasteiger partial charge in [0.1, 0.15) is 0 Å². The van der Waals surface area contributed by atoms with Crippen molar-refractivity contribution in [2.45, 2.75) is 62.8 Å². The van der Waals surface area contributed by atoms with Crippen LogP contribution < -0.4 is 5.32 Å². The summed E-state index contributed by atoms with van der Waals surface area (Å²) in [4.78, 5) is 12.3. The Morgan fingerprint density at radius 2 is 1.50 bits per heavy atom. The van der Waals surface area contributed by atoms with E-state index in [9.17, 15) is 4.79 Å². The van der Waals surface area contributed by atoms with Crippen LogP contribution in [0.25, 0.3) is 0 Å². The number of ketones is 1. The highest BCUT2D eigenvalue weighted by Gasteiger charge is 2.51. The van der Waals surface area contributed by atoms with Crippen molar-refractivity contribution in [3.63, 3.8) is 0 Å². The van der Waals surface area contributed by atoms with E-state index < -0.39 is 0 Å². The number of hydrogen-bond acceptors (Lipinski definition) is 2. The molecule has 1 unspecified atom stereocenters. The Morgan fingerprint density at radius 1 is 0.875 bits per heavy atom. The van der Waals surface area contributed by atoms with Crippen LogP contribution in [0.1, 0.15) is 62.8 Å². The molecule has 24 heavy (non-hydrogen) atoms. The summed E-state index contributed by atoms with van der Waals surface area (Å²) in [5.74, 6) is 3.46. The maximum atomic E-state index is 12.3. The van der Waals surface area contributed by atoms with Gasteiger partial charge in [0.05, 0.1) is 0 Å². The minimum Gasteiger partial charge on any atom is -0.383 e. The first-order chi connectivity index (χ1) is 11.7. The van der Waals surface area contributed by atoms with Crippen molar-refractivity contribution in [2.75, 3.05) is 0 Å². The number of benzene rings is 1. The second kappa shape index (κ2) is 5.47. The van der Waals surface area contributed by atoms with E-state index in [-0.39, 0.29) is 0 Å². The summed E-state index contributed by atoms with van der Waals surface area (Å²) < 4.78 is 0. The number of hydrogen-bond donors (Lipinski definition) is 1. The molecule has 5 aliphatic carbocycles. The molecule has 1 aromatic rings. The lowest BCUT2D eigenvalue weighted by Gasteiger charge is -2.57. The first kappa shape index (κ1) is 14.7. The summed E-state index contributed by atoms with van der Waals surface area (Å²) in [7, 11) is 0. The second-order valence-corrected chi connectivity index (χ2v) is 8.97. The fourth-order valence-electron chi connectivity index (χ4n) is 6.55. The minimum atomic E-state index is 0.294. The average molecular weight is 321 g/mol. The zero-order valence-corrected chi connectivity index (χ0v) is 14.3. The van der Waals surface area contributed by atoms with E-state index >= 15 is 0 Å². The van der Waals surface area contributed by atoms with Crippen LogP contribution in [-0.2, 0) is 4.79 Å². The van der Waals surface area contributed by atoms with Crippen LogP contribution in [0, 0.1) is 17.8 Å². The summed E-state index contributed by atoms with van der Waals surface area (Å²) in [5.41, 5.74) is 2.82. The van der Waals surface area contributed by atoms with Gasteiger partial charge in [0.25, 0.3) is 0 Å². The molecule has 0 aliphatic heterocycles. The fourth-order valence-corrected chi connectivity index (χ4v) is 6.55. The molecule has 1 atom stereocenters. The van der Waals surface area contributed by atoms with Crippen molar-refractivity contribution < 1.29 is 4.79 Å². The van der Waals surface area contributed by atoms with Crippen molar-refractivity contribution >= 4 is 5.78 Å². The molecule has 2 nitrogen and oxygen atoms in total. The second-order valence-electron chi connectivity index (χ2n) is 8.97. The van der Waals surface area contributed by atoms with E-state index in [1.165, 1.54) is 49.8 Å². The topological polar surface area (TPSA) is 29.1 Å². The van der Waals surface area contributed by atoms with Gasteiger partial charge in [-0.25, -0.2) is 0 Å². The maximum Gasteiger partial charge on any atom is 0.158 e. The average Bonchev–Trinajstić information content (AvgIpc) is 2.53. The Morgan fingerprint density at radius 3 is 2.12 bits per heavy atom. The summed E-state index contributed by atoms with van der Waals surface area (Å²) in [6.45, 7) is 0. The molecule has 126 valence electrons. The summed E-state index contributed by atoms with van der Waals surface area (Å²) in [6, 6.07) is 10.6. The number of nitrogens with one attached hydrogen (secondary N) is 1. The highest BCUT2D eigenvalue weighted by Crippen LogP contribution is 2.56. The van der Waals surface area contributed by atoms with Gasteiger partial charge in [-0.3, -0.25) is 4.79 Å². The van der Waals surface area contributed by atoms with Crippen LogP contribution in [0.5, 0.6) is 0 Å². The van der Waals surface area contributed by atoms with Gasteiger partial charge in [-0.2, -0.15) is 0 Å². The molecular formula is C22H27NO. The smallest absolute Gasteiger partial charge is 0.158 e. The molecule has 5 aliphatic rings. The molecule has 6 rings (SSSR count). The lowest BCUT2D eigenvalue weighted by molar-refractivity contribution is -0.115.